The number of carbonyl (C=O) groups is 1. The van der Waals surface area contributed by atoms with Crippen LogP contribution in [-0.2, 0) is 6.18 Å². The zero-order chi connectivity index (χ0) is 22.7. The summed E-state index contributed by atoms with van der Waals surface area (Å²) in [5.74, 6) is 0.0365. The molecular formula is C22H26F3NO4. The summed E-state index contributed by atoms with van der Waals surface area (Å²) in [4.78, 5) is 12.1. The van der Waals surface area contributed by atoms with Crippen molar-refractivity contribution in [3.63, 3.8) is 0 Å². The van der Waals surface area contributed by atoms with Crippen LogP contribution in [0.4, 0.5) is 13.2 Å². The predicted octanol–water partition coefficient (Wildman–Crippen LogP) is 3.99. The lowest BCUT2D eigenvalue weighted by Gasteiger charge is -2.11. The molecule has 8 heteroatoms. The highest BCUT2D eigenvalue weighted by atomic mass is 19.4. The van der Waals surface area contributed by atoms with Gasteiger partial charge in [0.15, 0.2) is 0 Å². The first-order valence-electron chi connectivity index (χ1n) is 9.35. The summed E-state index contributed by atoms with van der Waals surface area (Å²) in [6.07, 6.45) is -2.21. The molecule has 2 rings (SSSR count). The molecule has 0 fully saturated rings. The van der Waals surface area contributed by atoms with Gasteiger partial charge in [0.2, 0.25) is 0 Å². The second kappa shape index (κ2) is 12.0. The van der Waals surface area contributed by atoms with Crippen molar-refractivity contribution in [2.45, 2.75) is 26.1 Å². The second-order valence-electron chi connectivity index (χ2n) is 5.96. The third kappa shape index (κ3) is 7.53. The molecule has 0 saturated carbocycles. The first-order valence-corrected chi connectivity index (χ1v) is 9.35. The molecule has 0 aliphatic rings. The van der Waals surface area contributed by atoms with Gasteiger partial charge in [-0.05, 0) is 35.9 Å². The highest BCUT2D eigenvalue weighted by Crippen LogP contribution is 2.29. The summed E-state index contributed by atoms with van der Waals surface area (Å²) in [5, 5.41) is 20.6. The fourth-order valence-electron chi connectivity index (χ4n) is 2.35. The Balaban J connectivity index is 0.00000218. The molecule has 164 valence electrons. The molecule has 0 bridgehead atoms. The van der Waals surface area contributed by atoms with Crippen molar-refractivity contribution in [2.24, 2.45) is 0 Å². The van der Waals surface area contributed by atoms with Crippen molar-refractivity contribution in [1.29, 1.82) is 0 Å². The standard InChI is InChI=1S/C20H20F3NO4.C2H6/c1-28-18-9-6-15(19(27)24-11-17(26)12-25)10-14(18)5-2-13-3-7-16(8-4-13)20(21,22)23;1-2/h2-10,17,25-26H,11-12H2,1H3,(H,24,27);1-2H3/b5-2+;. The number of alkyl halides is 3. The predicted molar refractivity (Wildman–Crippen MR) is 110 cm³/mol. The van der Waals surface area contributed by atoms with Gasteiger partial charge in [0.1, 0.15) is 5.75 Å². The average molecular weight is 425 g/mol. The molecule has 1 unspecified atom stereocenters. The number of aliphatic hydroxyl groups excluding tert-OH is 2. The minimum atomic E-state index is -4.39. The Kier molecular flexibility index (Phi) is 10.1. The number of methoxy groups -OCH3 is 1. The number of aliphatic hydroxyl groups is 2. The van der Waals surface area contributed by atoms with E-state index < -0.39 is 30.4 Å². The van der Waals surface area contributed by atoms with E-state index in [1.165, 1.54) is 25.3 Å². The van der Waals surface area contributed by atoms with Crippen LogP contribution in [0.3, 0.4) is 0 Å². The third-order valence-electron chi connectivity index (χ3n) is 3.89. The van der Waals surface area contributed by atoms with Gasteiger partial charge in [-0.1, -0.05) is 38.1 Å². The fourth-order valence-corrected chi connectivity index (χ4v) is 2.35. The summed E-state index contributed by atoms with van der Waals surface area (Å²) < 4.78 is 43.1. The van der Waals surface area contributed by atoms with Crippen LogP contribution in [0.25, 0.3) is 12.2 Å². The van der Waals surface area contributed by atoms with Crippen LogP contribution >= 0.6 is 0 Å². The molecule has 5 nitrogen and oxygen atoms in total. The quantitative estimate of drug-likeness (QED) is 0.586. The fraction of sp³-hybridized carbons (Fsp3) is 0.318. The second-order valence-corrected chi connectivity index (χ2v) is 5.96. The van der Waals surface area contributed by atoms with E-state index in [4.69, 9.17) is 9.84 Å². The molecule has 0 heterocycles. The number of amides is 1. The van der Waals surface area contributed by atoms with Gasteiger partial charge in [0, 0.05) is 17.7 Å². The highest BCUT2D eigenvalue weighted by Gasteiger charge is 2.29. The van der Waals surface area contributed by atoms with Crippen molar-refractivity contribution in [3.8, 4) is 5.75 Å². The molecule has 0 radical (unpaired) electrons. The van der Waals surface area contributed by atoms with E-state index in [1.54, 1.807) is 24.3 Å². The Morgan fingerprint density at radius 3 is 2.30 bits per heavy atom. The SMILES string of the molecule is CC.COc1ccc(C(=O)NCC(O)CO)cc1/C=C/c1ccc(C(F)(F)F)cc1. The molecule has 1 amide bonds. The first-order chi connectivity index (χ1) is 14.2. The number of rotatable bonds is 7. The third-order valence-corrected chi connectivity index (χ3v) is 3.89. The first kappa shape index (κ1) is 25.2. The van der Waals surface area contributed by atoms with Crippen LogP contribution in [0.2, 0.25) is 0 Å². The molecule has 0 saturated heterocycles. The van der Waals surface area contributed by atoms with Gasteiger partial charge in [0.25, 0.3) is 5.91 Å². The lowest BCUT2D eigenvalue weighted by atomic mass is 10.1. The summed E-state index contributed by atoms with van der Waals surface area (Å²) in [5.41, 5.74) is 0.678. The zero-order valence-corrected chi connectivity index (χ0v) is 17.0. The van der Waals surface area contributed by atoms with Gasteiger partial charge in [-0.25, -0.2) is 0 Å². The number of hydrogen-bond acceptors (Lipinski definition) is 4. The van der Waals surface area contributed by atoms with E-state index in [-0.39, 0.29) is 6.54 Å². The molecular weight excluding hydrogens is 399 g/mol. The minimum Gasteiger partial charge on any atom is -0.496 e. The number of ether oxygens (including phenoxy) is 1. The van der Waals surface area contributed by atoms with E-state index >= 15 is 0 Å². The van der Waals surface area contributed by atoms with Crippen LogP contribution < -0.4 is 10.1 Å². The van der Waals surface area contributed by atoms with Crippen molar-refractivity contribution in [2.75, 3.05) is 20.3 Å². The number of benzene rings is 2. The smallest absolute Gasteiger partial charge is 0.416 e. The van der Waals surface area contributed by atoms with Gasteiger partial charge in [0.05, 0.1) is 25.4 Å². The number of nitrogens with one attached hydrogen (secondary N) is 1. The number of hydrogen-bond donors (Lipinski definition) is 3. The van der Waals surface area contributed by atoms with Gasteiger partial charge >= 0.3 is 6.18 Å². The van der Waals surface area contributed by atoms with Crippen molar-refractivity contribution in [3.05, 3.63) is 64.7 Å². The number of halogens is 3. The molecule has 30 heavy (non-hydrogen) atoms. The lowest BCUT2D eigenvalue weighted by molar-refractivity contribution is -0.137. The topological polar surface area (TPSA) is 78.8 Å². The van der Waals surface area contributed by atoms with Crippen molar-refractivity contribution in [1.82, 2.24) is 5.32 Å². The molecule has 0 aliphatic heterocycles. The summed E-state index contributed by atoms with van der Waals surface area (Å²) in [6, 6.07) is 9.36. The van der Waals surface area contributed by atoms with Crippen LogP contribution in [0, 0.1) is 0 Å². The maximum Gasteiger partial charge on any atom is 0.416 e. The Morgan fingerprint density at radius 1 is 1.13 bits per heavy atom. The Labute approximate surface area is 173 Å². The lowest BCUT2D eigenvalue weighted by Crippen LogP contribution is -2.33. The Hall–Kier alpha value is -2.84. The van der Waals surface area contributed by atoms with Crippen LogP contribution in [-0.4, -0.2) is 42.5 Å². The summed E-state index contributed by atoms with van der Waals surface area (Å²) in [6.45, 7) is 3.43. The molecule has 0 aliphatic carbocycles. The van der Waals surface area contributed by atoms with Gasteiger partial charge in [-0.3, -0.25) is 4.79 Å². The van der Waals surface area contributed by atoms with E-state index in [1.807, 2.05) is 13.8 Å². The summed E-state index contributed by atoms with van der Waals surface area (Å²) >= 11 is 0. The van der Waals surface area contributed by atoms with E-state index in [0.29, 0.717) is 22.4 Å². The Morgan fingerprint density at radius 2 is 1.77 bits per heavy atom. The molecule has 2 aromatic rings. The molecule has 0 aromatic heterocycles. The van der Waals surface area contributed by atoms with Crippen LogP contribution in [0.5, 0.6) is 5.75 Å². The van der Waals surface area contributed by atoms with E-state index in [0.717, 1.165) is 12.1 Å². The Bertz CT molecular complexity index is 833. The molecule has 0 spiro atoms. The minimum absolute atomic E-state index is 0.0991. The van der Waals surface area contributed by atoms with Crippen molar-refractivity contribution < 1.29 is 32.9 Å². The number of carbonyl (C=O) groups excluding carboxylic acids is 1. The normalized spacial score (nSPS) is 12.1. The largest absolute Gasteiger partial charge is 0.496 e. The average Bonchev–Trinajstić information content (AvgIpc) is 2.76. The van der Waals surface area contributed by atoms with Gasteiger partial charge in [-0.2, -0.15) is 13.2 Å². The zero-order valence-electron chi connectivity index (χ0n) is 17.0. The molecule has 3 N–H and O–H groups in total. The maximum absolute atomic E-state index is 12.6. The van der Waals surface area contributed by atoms with E-state index in [2.05, 4.69) is 5.32 Å². The van der Waals surface area contributed by atoms with Crippen LogP contribution in [0.15, 0.2) is 42.5 Å². The highest BCUT2D eigenvalue weighted by molar-refractivity contribution is 5.95. The van der Waals surface area contributed by atoms with Gasteiger partial charge in [-0.15, -0.1) is 0 Å². The van der Waals surface area contributed by atoms with Gasteiger partial charge < -0.3 is 20.3 Å². The molecule has 1 atom stereocenters. The van der Waals surface area contributed by atoms with Crippen LogP contribution in [0.1, 0.15) is 40.9 Å². The van der Waals surface area contributed by atoms with E-state index in [9.17, 15) is 23.1 Å². The maximum atomic E-state index is 12.6. The van der Waals surface area contributed by atoms with Crippen molar-refractivity contribution >= 4 is 18.1 Å². The summed E-state index contributed by atoms with van der Waals surface area (Å²) in [7, 11) is 1.46. The monoisotopic (exact) mass is 425 g/mol. The molecule has 2 aromatic carbocycles.